The largest absolute Gasteiger partial charge is 0.303 e. The second-order valence-corrected chi connectivity index (χ2v) is 6.07. The van der Waals surface area contributed by atoms with E-state index >= 15 is 0 Å². The van der Waals surface area contributed by atoms with Gasteiger partial charge in [0.1, 0.15) is 16.3 Å². The third-order valence-electron chi connectivity index (χ3n) is 3.42. The predicted octanol–water partition coefficient (Wildman–Crippen LogP) is 2.93. The van der Waals surface area contributed by atoms with Gasteiger partial charge in [0.05, 0.1) is 11.7 Å². The third-order valence-corrected chi connectivity index (χ3v) is 4.56. The molecule has 3 heterocycles. The van der Waals surface area contributed by atoms with Gasteiger partial charge in [-0.15, -0.1) is 22.9 Å². The SMILES string of the molecule is Cc1nn(C)c2c1nc(CCCl)n2C(C)c1nccs1. The Labute approximate surface area is 126 Å². The van der Waals surface area contributed by atoms with Crippen LogP contribution in [0.1, 0.15) is 29.5 Å². The number of imidazole rings is 1. The monoisotopic (exact) mass is 309 g/mol. The lowest BCUT2D eigenvalue weighted by molar-refractivity contribution is 0.596. The summed E-state index contributed by atoms with van der Waals surface area (Å²) in [6.45, 7) is 4.12. The van der Waals surface area contributed by atoms with Crippen molar-refractivity contribution in [3.8, 4) is 0 Å². The lowest BCUT2D eigenvalue weighted by Crippen LogP contribution is -2.13. The molecule has 5 nitrogen and oxygen atoms in total. The van der Waals surface area contributed by atoms with Gasteiger partial charge in [0.15, 0.2) is 5.65 Å². The van der Waals surface area contributed by atoms with Crippen LogP contribution in [0.5, 0.6) is 0 Å². The zero-order valence-corrected chi connectivity index (χ0v) is 13.2. The molecule has 0 N–H and O–H groups in total. The Balaban J connectivity index is 2.23. The summed E-state index contributed by atoms with van der Waals surface area (Å²) < 4.78 is 4.09. The normalized spacial score (nSPS) is 13.2. The topological polar surface area (TPSA) is 48.5 Å². The smallest absolute Gasteiger partial charge is 0.159 e. The van der Waals surface area contributed by atoms with Gasteiger partial charge in [0.25, 0.3) is 0 Å². The van der Waals surface area contributed by atoms with E-state index in [2.05, 4.69) is 21.6 Å². The van der Waals surface area contributed by atoms with Crippen molar-refractivity contribution in [1.82, 2.24) is 24.3 Å². The van der Waals surface area contributed by atoms with E-state index in [9.17, 15) is 0 Å². The summed E-state index contributed by atoms with van der Waals surface area (Å²) >= 11 is 7.58. The van der Waals surface area contributed by atoms with E-state index in [1.807, 2.05) is 30.2 Å². The molecule has 0 amide bonds. The van der Waals surface area contributed by atoms with Crippen molar-refractivity contribution in [3.63, 3.8) is 0 Å². The molecule has 0 saturated heterocycles. The minimum Gasteiger partial charge on any atom is -0.303 e. The molecule has 0 radical (unpaired) electrons. The first-order valence-corrected chi connectivity index (χ1v) is 7.90. The first-order chi connectivity index (χ1) is 9.63. The Morgan fingerprint density at radius 3 is 2.90 bits per heavy atom. The van der Waals surface area contributed by atoms with Crippen LogP contribution in [0.3, 0.4) is 0 Å². The first-order valence-electron chi connectivity index (χ1n) is 6.49. The number of nitrogens with zero attached hydrogens (tertiary/aromatic N) is 5. The number of thiazole rings is 1. The second kappa shape index (κ2) is 5.18. The fourth-order valence-corrected chi connectivity index (χ4v) is 3.41. The van der Waals surface area contributed by atoms with Crippen LogP contribution in [0.4, 0.5) is 0 Å². The van der Waals surface area contributed by atoms with E-state index in [1.165, 1.54) is 0 Å². The number of hydrogen-bond acceptors (Lipinski definition) is 4. The minimum atomic E-state index is 0.132. The average molecular weight is 310 g/mol. The number of alkyl halides is 1. The number of hydrogen-bond donors (Lipinski definition) is 0. The van der Waals surface area contributed by atoms with Crippen LogP contribution in [0.15, 0.2) is 11.6 Å². The number of aryl methyl sites for hydroxylation is 3. The molecule has 3 rings (SSSR count). The molecule has 0 spiro atoms. The van der Waals surface area contributed by atoms with Crippen molar-refractivity contribution < 1.29 is 0 Å². The predicted molar refractivity (Wildman–Crippen MR) is 81.6 cm³/mol. The quantitative estimate of drug-likeness (QED) is 0.696. The van der Waals surface area contributed by atoms with Gasteiger partial charge < -0.3 is 4.57 Å². The summed E-state index contributed by atoms with van der Waals surface area (Å²) in [5.41, 5.74) is 2.93. The molecule has 7 heteroatoms. The van der Waals surface area contributed by atoms with Crippen LogP contribution in [-0.2, 0) is 13.5 Å². The average Bonchev–Trinajstić information content (AvgIpc) is 3.09. The van der Waals surface area contributed by atoms with Crippen LogP contribution >= 0.6 is 22.9 Å². The Morgan fingerprint density at radius 2 is 2.25 bits per heavy atom. The van der Waals surface area contributed by atoms with Gasteiger partial charge in [-0.05, 0) is 13.8 Å². The summed E-state index contributed by atoms with van der Waals surface area (Å²) in [7, 11) is 1.95. The van der Waals surface area contributed by atoms with E-state index in [4.69, 9.17) is 16.6 Å². The maximum atomic E-state index is 5.92. The molecule has 1 atom stereocenters. The fraction of sp³-hybridized carbons (Fsp3) is 0.462. The van der Waals surface area contributed by atoms with Gasteiger partial charge in [-0.25, -0.2) is 9.97 Å². The molecular formula is C13H16ClN5S. The van der Waals surface area contributed by atoms with Gasteiger partial charge in [-0.2, -0.15) is 5.10 Å². The number of rotatable bonds is 4. The highest BCUT2D eigenvalue weighted by atomic mass is 35.5. The van der Waals surface area contributed by atoms with Gasteiger partial charge in [-0.1, -0.05) is 0 Å². The van der Waals surface area contributed by atoms with Crippen molar-refractivity contribution in [1.29, 1.82) is 0 Å². The molecule has 106 valence electrons. The summed E-state index contributed by atoms with van der Waals surface area (Å²) in [6, 6.07) is 0.132. The second-order valence-electron chi connectivity index (χ2n) is 4.76. The number of fused-ring (bicyclic) bond motifs is 1. The van der Waals surface area contributed by atoms with Gasteiger partial charge >= 0.3 is 0 Å². The van der Waals surface area contributed by atoms with Crippen LogP contribution in [-0.4, -0.2) is 30.2 Å². The molecule has 3 aromatic rings. The fourth-order valence-electron chi connectivity index (χ4n) is 2.56. The Morgan fingerprint density at radius 1 is 1.45 bits per heavy atom. The summed E-state index contributed by atoms with van der Waals surface area (Å²) in [6.07, 6.45) is 2.58. The van der Waals surface area contributed by atoms with Crippen LogP contribution < -0.4 is 0 Å². The summed E-state index contributed by atoms with van der Waals surface area (Å²) in [4.78, 5) is 9.15. The lowest BCUT2D eigenvalue weighted by Gasteiger charge is -2.15. The lowest BCUT2D eigenvalue weighted by atomic mass is 10.3. The molecule has 0 aliphatic heterocycles. The molecule has 0 aromatic carbocycles. The molecule has 0 aliphatic rings. The highest BCUT2D eigenvalue weighted by Crippen LogP contribution is 2.28. The highest BCUT2D eigenvalue weighted by molar-refractivity contribution is 7.09. The van der Waals surface area contributed by atoms with Crippen LogP contribution in [0.2, 0.25) is 0 Å². The Bertz CT molecular complexity index is 728. The summed E-state index contributed by atoms with van der Waals surface area (Å²) in [5, 5.41) is 7.52. The van der Waals surface area contributed by atoms with Crippen molar-refractivity contribution in [2.24, 2.45) is 7.05 Å². The molecule has 3 aromatic heterocycles. The molecule has 0 bridgehead atoms. The van der Waals surface area contributed by atoms with Gasteiger partial charge in [-0.3, -0.25) is 4.68 Å². The first kappa shape index (κ1) is 13.6. The van der Waals surface area contributed by atoms with E-state index in [0.717, 1.165) is 34.1 Å². The maximum Gasteiger partial charge on any atom is 0.159 e. The molecule has 0 aliphatic carbocycles. The molecule has 0 fully saturated rings. The van der Waals surface area contributed by atoms with Crippen molar-refractivity contribution in [2.45, 2.75) is 26.3 Å². The van der Waals surface area contributed by atoms with Gasteiger partial charge in [0.2, 0.25) is 0 Å². The summed E-state index contributed by atoms with van der Waals surface area (Å²) in [5.74, 6) is 1.55. The molecule has 20 heavy (non-hydrogen) atoms. The van der Waals surface area contributed by atoms with Crippen molar-refractivity contribution in [2.75, 3.05) is 5.88 Å². The van der Waals surface area contributed by atoms with Crippen molar-refractivity contribution in [3.05, 3.63) is 28.1 Å². The zero-order valence-electron chi connectivity index (χ0n) is 11.7. The maximum absolute atomic E-state index is 5.92. The number of halogens is 1. The third kappa shape index (κ3) is 2.03. The zero-order chi connectivity index (χ0) is 14.3. The minimum absolute atomic E-state index is 0.132. The van der Waals surface area contributed by atoms with Gasteiger partial charge in [0, 0.05) is 30.9 Å². The van der Waals surface area contributed by atoms with E-state index in [0.29, 0.717) is 5.88 Å². The van der Waals surface area contributed by atoms with E-state index in [1.54, 1.807) is 11.3 Å². The van der Waals surface area contributed by atoms with Crippen LogP contribution in [0, 0.1) is 6.92 Å². The number of aromatic nitrogens is 5. The molecule has 1 unspecified atom stereocenters. The Kier molecular flexibility index (Phi) is 3.52. The van der Waals surface area contributed by atoms with E-state index in [-0.39, 0.29) is 6.04 Å². The van der Waals surface area contributed by atoms with E-state index < -0.39 is 0 Å². The van der Waals surface area contributed by atoms with Crippen LogP contribution in [0.25, 0.3) is 11.2 Å². The standard InChI is InChI=1S/C13H16ClN5S/c1-8-11-13(18(3)17-8)19(10(16-11)4-5-14)9(2)12-15-6-7-20-12/h6-7,9H,4-5H2,1-3H3. The highest BCUT2D eigenvalue weighted by Gasteiger charge is 2.22. The molecule has 0 saturated carbocycles. The Hall–Kier alpha value is -1.40. The molecular weight excluding hydrogens is 294 g/mol. The van der Waals surface area contributed by atoms with Crippen molar-refractivity contribution >= 4 is 34.1 Å².